The summed E-state index contributed by atoms with van der Waals surface area (Å²) in [6.07, 6.45) is 10.6. The van der Waals surface area contributed by atoms with E-state index >= 15 is 4.39 Å². The molecule has 0 bridgehead atoms. The normalized spacial score (nSPS) is 18.2. The van der Waals surface area contributed by atoms with Gasteiger partial charge < -0.3 is 25.2 Å². The number of anilines is 1. The van der Waals surface area contributed by atoms with Gasteiger partial charge in [-0.3, -0.25) is 9.59 Å². The van der Waals surface area contributed by atoms with E-state index in [1.54, 1.807) is 13.0 Å². The molecule has 1 saturated heterocycles. The van der Waals surface area contributed by atoms with E-state index in [1.807, 2.05) is 4.57 Å². The molecule has 2 heterocycles. The number of halogens is 1. The van der Waals surface area contributed by atoms with Crippen molar-refractivity contribution in [2.75, 3.05) is 25.0 Å². The van der Waals surface area contributed by atoms with Gasteiger partial charge in [0.05, 0.1) is 11.2 Å². The second-order valence-corrected chi connectivity index (χ2v) is 10.1. The number of fused-ring (bicyclic) bond motifs is 1. The number of aliphatic carboxylic acids is 1. The summed E-state index contributed by atoms with van der Waals surface area (Å²) >= 11 is 0. The van der Waals surface area contributed by atoms with Gasteiger partial charge in [0.15, 0.2) is 0 Å². The lowest BCUT2D eigenvalue weighted by Gasteiger charge is -2.27. The molecule has 1 amide bonds. The Bertz CT molecular complexity index is 1150. The largest absolute Gasteiger partial charge is 0.480 e. The fraction of sp³-hybridized carbons (Fsp3) is 0.593. The minimum Gasteiger partial charge on any atom is -0.480 e. The average Bonchev–Trinajstić information content (AvgIpc) is 2.88. The smallest absolute Gasteiger partial charge is 0.326 e. The van der Waals surface area contributed by atoms with E-state index in [9.17, 15) is 19.5 Å². The summed E-state index contributed by atoms with van der Waals surface area (Å²) in [6.45, 7) is 4.93. The zero-order valence-electron chi connectivity index (χ0n) is 21.0. The third-order valence-electron chi connectivity index (χ3n) is 7.50. The van der Waals surface area contributed by atoms with E-state index in [0.717, 1.165) is 58.2 Å². The van der Waals surface area contributed by atoms with Gasteiger partial charge in [-0.1, -0.05) is 32.6 Å². The maximum Gasteiger partial charge on any atom is 0.326 e. The average molecular weight is 501 g/mol. The molecule has 0 radical (unpaired) electrons. The number of hydrogen-bond donors (Lipinski definition) is 3. The number of piperidine rings is 1. The summed E-state index contributed by atoms with van der Waals surface area (Å²) in [5, 5.41) is 15.2. The third-order valence-corrected chi connectivity index (χ3v) is 7.50. The van der Waals surface area contributed by atoms with Crippen LogP contribution in [-0.4, -0.2) is 58.2 Å². The van der Waals surface area contributed by atoms with Crippen LogP contribution >= 0.6 is 0 Å². The molecular weight excluding hydrogens is 463 g/mol. The lowest BCUT2D eigenvalue weighted by Crippen LogP contribution is -2.42. The number of carboxylic acid groups (broad SMARTS) is 1. The molecule has 0 spiro atoms. The molecule has 1 atom stereocenters. The van der Waals surface area contributed by atoms with Crippen molar-refractivity contribution < 1.29 is 19.1 Å². The van der Waals surface area contributed by atoms with Crippen molar-refractivity contribution in [3.8, 4) is 0 Å². The number of nitrogens with one attached hydrogen (secondary N) is 2. The van der Waals surface area contributed by atoms with Gasteiger partial charge >= 0.3 is 5.97 Å². The number of nitrogens with zero attached hydrogens (tertiary/aromatic N) is 2. The Morgan fingerprint density at radius 1 is 1.08 bits per heavy atom. The van der Waals surface area contributed by atoms with Gasteiger partial charge in [0.1, 0.15) is 17.4 Å². The number of amides is 1. The summed E-state index contributed by atoms with van der Waals surface area (Å²) in [5.41, 5.74) is 0.168. The molecular formula is C27H37FN4O4. The van der Waals surface area contributed by atoms with E-state index < -0.39 is 29.2 Å². The van der Waals surface area contributed by atoms with Crippen LogP contribution < -0.4 is 16.1 Å². The summed E-state index contributed by atoms with van der Waals surface area (Å²) in [6, 6.07) is 2.00. The van der Waals surface area contributed by atoms with Crippen LogP contribution in [0.15, 0.2) is 23.1 Å². The standard InChI is InChI=1S/C27H37FN4O4/c1-2-22(27(35)36)30-26(34)20-17-32(14-13-31-11-7-4-8-12-31)24-16-23(21(28)15-19(24)25(20)33)29-18-9-5-3-6-10-18/h15-18,22,29H,2-14H2,1H3,(H,30,34)(H,35,36). The topological polar surface area (TPSA) is 104 Å². The Morgan fingerprint density at radius 3 is 2.44 bits per heavy atom. The van der Waals surface area contributed by atoms with E-state index in [0.29, 0.717) is 17.7 Å². The molecule has 36 heavy (non-hydrogen) atoms. The van der Waals surface area contributed by atoms with Crippen LogP contribution in [0, 0.1) is 5.82 Å². The lowest BCUT2D eigenvalue weighted by atomic mass is 9.95. The Labute approximate surface area is 210 Å². The SMILES string of the molecule is CCC(NC(=O)c1cn(CCN2CCCCC2)c2cc(NC3CCCCC3)c(F)cc2c1=O)C(=O)O. The minimum absolute atomic E-state index is 0.122. The molecule has 8 nitrogen and oxygen atoms in total. The van der Waals surface area contributed by atoms with Gasteiger partial charge in [-0.25, -0.2) is 9.18 Å². The highest BCUT2D eigenvalue weighted by atomic mass is 19.1. The minimum atomic E-state index is -1.17. The van der Waals surface area contributed by atoms with Crippen molar-refractivity contribution in [1.82, 2.24) is 14.8 Å². The molecule has 1 unspecified atom stereocenters. The summed E-state index contributed by atoms with van der Waals surface area (Å²) in [7, 11) is 0. The van der Waals surface area contributed by atoms with Gasteiger partial charge in [-0.15, -0.1) is 0 Å². The second-order valence-electron chi connectivity index (χ2n) is 10.1. The lowest BCUT2D eigenvalue weighted by molar-refractivity contribution is -0.139. The van der Waals surface area contributed by atoms with Crippen LogP contribution in [0.3, 0.4) is 0 Å². The molecule has 196 valence electrons. The summed E-state index contributed by atoms with van der Waals surface area (Å²) < 4.78 is 17.0. The number of carboxylic acids is 1. The van der Waals surface area contributed by atoms with Crippen LogP contribution in [0.2, 0.25) is 0 Å². The molecule has 1 saturated carbocycles. The van der Waals surface area contributed by atoms with Crippen molar-refractivity contribution in [3.63, 3.8) is 0 Å². The zero-order valence-corrected chi connectivity index (χ0v) is 21.0. The van der Waals surface area contributed by atoms with Gasteiger partial charge in [0, 0.05) is 30.7 Å². The maximum atomic E-state index is 15.2. The predicted octanol–water partition coefficient (Wildman–Crippen LogP) is 3.96. The number of benzene rings is 1. The molecule has 1 aromatic heterocycles. The number of hydrogen-bond acceptors (Lipinski definition) is 5. The predicted molar refractivity (Wildman–Crippen MR) is 138 cm³/mol. The number of aromatic nitrogens is 1. The van der Waals surface area contributed by atoms with Crippen LogP contribution in [0.4, 0.5) is 10.1 Å². The van der Waals surface area contributed by atoms with Crippen molar-refractivity contribution in [3.05, 3.63) is 39.9 Å². The Kier molecular flexibility index (Phi) is 8.61. The highest BCUT2D eigenvalue weighted by molar-refractivity contribution is 5.99. The molecule has 2 aliphatic rings. The zero-order chi connectivity index (χ0) is 25.7. The van der Waals surface area contributed by atoms with Gasteiger partial charge in [0.25, 0.3) is 5.91 Å². The van der Waals surface area contributed by atoms with Crippen LogP contribution in [-0.2, 0) is 11.3 Å². The Morgan fingerprint density at radius 2 is 1.78 bits per heavy atom. The fourth-order valence-corrected chi connectivity index (χ4v) is 5.34. The number of pyridine rings is 1. The van der Waals surface area contributed by atoms with Gasteiger partial charge in [-0.05, 0) is 57.3 Å². The third kappa shape index (κ3) is 6.06. The first-order valence-corrected chi connectivity index (χ1v) is 13.3. The number of carbonyl (C=O) groups excluding carboxylic acids is 1. The van der Waals surface area contributed by atoms with E-state index in [2.05, 4.69) is 15.5 Å². The number of rotatable bonds is 9. The van der Waals surface area contributed by atoms with E-state index in [-0.39, 0.29) is 23.4 Å². The van der Waals surface area contributed by atoms with Crippen molar-refractivity contribution in [1.29, 1.82) is 0 Å². The Hall–Kier alpha value is -2.94. The summed E-state index contributed by atoms with van der Waals surface area (Å²) in [4.78, 5) is 40.0. The Balaban J connectivity index is 1.71. The molecule has 1 aliphatic heterocycles. The highest BCUT2D eigenvalue weighted by Gasteiger charge is 2.23. The summed E-state index contributed by atoms with van der Waals surface area (Å²) in [5.74, 6) is -2.45. The van der Waals surface area contributed by atoms with Crippen LogP contribution in [0.5, 0.6) is 0 Å². The second kappa shape index (κ2) is 11.9. The van der Waals surface area contributed by atoms with Crippen molar-refractivity contribution in [2.24, 2.45) is 0 Å². The first-order valence-electron chi connectivity index (χ1n) is 13.3. The molecule has 1 aliphatic carbocycles. The molecule has 9 heteroatoms. The number of carbonyl (C=O) groups is 2. The first-order chi connectivity index (χ1) is 17.4. The molecule has 2 fully saturated rings. The quantitative estimate of drug-likeness (QED) is 0.482. The molecule has 2 aromatic rings. The van der Waals surface area contributed by atoms with Crippen molar-refractivity contribution in [2.45, 2.75) is 83.3 Å². The van der Waals surface area contributed by atoms with Crippen LogP contribution in [0.1, 0.15) is 75.1 Å². The highest BCUT2D eigenvalue weighted by Crippen LogP contribution is 2.27. The fourth-order valence-electron chi connectivity index (χ4n) is 5.34. The van der Waals surface area contributed by atoms with Crippen molar-refractivity contribution >= 4 is 28.5 Å². The van der Waals surface area contributed by atoms with Crippen LogP contribution in [0.25, 0.3) is 10.9 Å². The maximum absolute atomic E-state index is 15.2. The van der Waals surface area contributed by atoms with E-state index in [1.165, 1.54) is 25.1 Å². The van der Waals surface area contributed by atoms with Gasteiger partial charge in [0.2, 0.25) is 5.43 Å². The number of likely N-dealkylation sites (tertiary alicyclic amines) is 1. The first kappa shape index (κ1) is 26.1. The van der Waals surface area contributed by atoms with E-state index in [4.69, 9.17) is 0 Å². The molecule has 1 aromatic carbocycles. The monoisotopic (exact) mass is 500 g/mol. The van der Waals surface area contributed by atoms with Gasteiger partial charge in [-0.2, -0.15) is 0 Å². The molecule has 4 rings (SSSR count). The molecule has 3 N–H and O–H groups in total.